The number of methoxy groups -OCH3 is 1. The third-order valence-electron chi connectivity index (χ3n) is 4.52. The van der Waals surface area contributed by atoms with E-state index in [9.17, 15) is 9.90 Å². The summed E-state index contributed by atoms with van der Waals surface area (Å²) in [6.45, 7) is 1.83. The van der Waals surface area contributed by atoms with Gasteiger partial charge in [-0.1, -0.05) is 36.0 Å². The molecule has 0 radical (unpaired) electrons. The molecule has 0 unspecified atom stereocenters. The molecule has 0 fully saturated rings. The smallest absolute Gasteiger partial charge is 0.283 e. The first-order valence-electron chi connectivity index (χ1n) is 8.56. The molecule has 0 spiro atoms. The second kappa shape index (κ2) is 7.05. The minimum absolute atomic E-state index is 0.110. The van der Waals surface area contributed by atoms with Crippen molar-refractivity contribution in [3.05, 3.63) is 70.9 Å². The number of aromatic hydroxyl groups is 1. The second-order valence-corrected chi connectivity index (χ2v) is 7.41. The van der Waals surface area contributed by atoms with Gasteiger partial charge in [0.1, 0.15) is 11.5 Å². The van der Waals surface area contributed by atoms with Gasteiger partial charge in [0.05, 0.1) is 23.6 Å². The van der Waals surface area contributed by atoms with E-state index in [0.29, 0.717) is 16.7 Å². The fourth-order valence-electron chi connectivity index (χ4n) is 3.20. The zero-order valence-electron chi connectivity index (χ0n) is 15.3. The Morgan fingerprint density at radius 2 is 2.04 bits per heavy atom. The first-order valence-corrected chi connectivity index (χ1v) is 9.44. The minimum Gasteiger partial charge on any atom is -0.507 e. The molecule has 7 nitrogen and oxygen atoms in total. The molecular weight excluding hydrogens is 376 g/mol. The van der Waals surface area contributed by atoms with E-state index in [4.69, 9.17) is 10.5 Å². The van der Waals surface area contributed by atoms with E-state index in [2.05, 4.69) is 10.1 Å². The van der Waals surface area contributed by atoms with Crippen LogP contribution in [0.15, 0.2) is 53.5 Å². The summed E-state index contributed by atoms with van der Waals surface area (Å²) in [5, 5.41) is 14.6. The van der Waals surface area contributed by atoms with Gasteiger partial charge in [-0.2, -0.15) is 9.78 Å². The second-order valence-electron chi connectivity index (χ2n) is 6.28. The average molecular weight is 394 g/mol. The Balaban J connectivity index is 1.85. The first kappa shape index (κ1) is 18.1. The lowest BCUT2D eigenvalue weighted by Crippen LogP contribution is -2.18. The van der Waals surface area contributed by atoms with Crippen molar-refractivity contribution >= 4 is 28.7 Å². The van der Waals surface area contributed by atoms with E-state index in [1.165, 1.54) is 22.5 Å². The molecule has 3 N–H and O–H groups in total. The number of fused-ring (bicyclic) bond motifs is 1. The van der Waals surface area contributed by atoms with Crippen LogP contribution in [0.4, 0.5) is 5.82 Å². The summed E-state index contributed by atoms with van der Waals surface area (Å²) in [4.78, 5) is 17.4. The van der Waals surface area contributed by atoms with E-state index in [1.54, 1.807) is 25.3 Å². The van der Waals surface area contributed by atoms with Gasteiger partial charge in [0.2, 0.25) is 0 Å². The molecule has 2 heterocycles. The van der Waals surface area contributed by atoms with E-state index in [-0.39, 0.29) is 16.6 Å². The summed E-state index contributed by atoms with van der Waals surface area (Å²) >= 11 is 1.40. The number of thioether (sulfide) groups is 1. The van der Waals surface area contributed by atoms with E-state index in [0.717, 1.165) is 16.9 Å². The van der Waals surface area contributed by atoms with E-state index in [1.807, 2.05) is 31.2 Å². The van der Waals surface area contributed by atoms with Gasteiger partial charge in [0, 0.05) is 5.56 Å². The van der Waals surface area contributed by atoms with Crippen molar-refractivity contribution in [1.29, 1.82) is 0 Å². The number of rotatable bonds is 3. The van der Waals surface area contributed by atoms with Crippen molar-refractivity contribution in [1.82, 2.24) is 9.78 Å². The number of benzene rings is 2. The Bertz CT molecular complexity index is 1110. The van der Waals surface area contributed by atoms with Crippen molar-refractivity contribution < 1.29 is 14.6 Å². The van der Waals surface area contributed by atoms with Gasteiger partial charge < -0.3 is 15.6 Å². The maximum Gasteiger partial charge on any atom is 0.283 e. The Kier molecular flexibility index (Phi) is 4.56. The van der Waals surface area contributed by atoms with Gasteiger partial charge in [0.25, 0.3) is 5.91 Å². The summed E-state index contributed by atoms with van der Waals surface area (Å²) < 4.78 is 6.54. The highest BCUT2D eigenvalue weighted by molar-refractivity contribution is 8.14. The maximum atomic E-state index is 13.0. The molecule has 0 saturated heterocycles. The number of nitrogens with zero attached hydrogens (tertiary/aromatic N) is 3. The molecule has 3 aromatic rings. The number of aromatic nitrogens is 2. The number of nitrogens with two attached hydrogens (primary N) is 1. The van der Waals surface area contributed by atoms with Crippen molar-refractivity contribution in [3.63, 3.8) is 0 Å². The normalized spacial score (nSPS) is 15.6. The predicted octanol–water partition coefficient (Wildman–Crippen LogP) is 3.38. The highest BCUT2D eigenvalue weighted by Gasteiger charge is 2.32. The van der Waals surface area contributed by atoms with Crippen LogP contribution in [0.25, 0.3) is 0 Å². The molecule has 1 atom stereocenters. The van der Waals surface area contributed by atoms with Gasteiger partial charge in [0.15, 0.2) is 11.0 Å². The fraction of sp³-hybridized carbons (Fsp3) is 0.150. The van der Waals surface area contributed by atoms with Crippen LogP contribution in [-0.4, -0.2) is 33.1 Å². The van der Waals surface area contributed by atoms with E-state index < -0.39 is 5.91 Å². The zero-order chi connectivity index (χ0) is 19.8. The number of carbonyl (C=O) groups is 1. The molecular formula is C20H18N4O3S. The standard InChI is InChI=1S/C20H18N4O3S/c1-11-16-17(12-6-5-7-13(10-12)27-2)28-20(21)22-18(16)24(23-11)19(26)14-8-3-4-9-15(14)25/h3-10,17,25H,1-2H3,(H2,21,22)/t17-/m0/s1. The number of phenolic OH excluding ortho intramolecular Hbond substituents is 1. The van der Waals surface area contributed by atoms with Crippen LogP contribution in [0.2, 0.25) is 0 Å². The Morgan fingerprint density at radius 1 is 1.25 bits per heavy atom. The zero-order valence-corrected chi connectivity index (χ0v) is 16.1. The highest BCUT2D eigenvalue weighted by atomic mass is 32.2. The van der Waals surface area contributed by atoms with Crippen LogP contribution in [0.3, 0.4) is 0 Å². The number of aryl methyl sites for hydroxylation is 1. The van der Waals surface area contributed by atoms with Crippen LogP contribution < -0.4 is 10.5 Å². The third kappa shape index (κ3) is 3.01. The van der Waals surface area contributed by atoms with Gasteiger partial charge in [-0.25, -0.2) is 4.99 Å². The topological polar surface area (TPSA) is 103 Å². The number of amidine groups is 1. The average Bonchev–Trinajstić information content (AvgIpc) is 3.03. The number of hydrogen-bond donors (Lipinski definition) is 2. The molecule has 2 aromatic carbocycles. The van der Waals surface area contributed by atoms with Crippen LogP contribution in [-0.2, 0) is 0 Å². The van der Waals surface area contributed by atoms with Crippen molar-refractivity contribution in [2.45, 2.75) is 12.2 Å². The number of carbonyl (C=O) groups excluding carboxylic acids is 1. The highest BCUT2D eigenvalue weighted by Crippen LogP contribution is 2.46. The Hall–Kier alpha value is -3.26. The summed E-state index contributed by atoms with van der Waals surface area (Å²) in [5.41, 5.74) is 8.69. The predicted molar refractivity (Wildman–Crippen MR) is 109 cm³/mol. The molecule has 28 heavy (non-hydrogen) atoms. The van der Waals surface area contributed by atoms with Crippen LogP contribution >= 0.6 is 11.8 Å². The number of para-hydroxylation sites is 1. The number of aliphatic imine (C=N–C) groups is 1. The fourth-order valence-corrected chi connectivity index (χ4v) is 4.26. The quantitative estimate of drug-likeness (QED) is 0.706. The molecule has 0 aliphatic carbocycles. The molecule has 142 valence electrons. The Morgan fingerprint density at radius 3 is 2.79 bits per heavy atom. The summed E-state index contributed by atoms with van der Waals surface area (Å²) in [5.74, 6) is 0.544. The third-order valence-corrected chi connectivity index (χ3v) is 5.60. The summed E-state index contributed by atoms with van der Waals surface area (Å²) in [6.07, 6.45) is 0. The van der Waals surface area contributed by atoms with Gasteiger partial charge >= 0.3 is 0 Å². The lowest BCUT2D eigenvalue weighted by Gasteiger charge is -2.21. The summed E-state index contributed by atoms with van der Waals surface area (Å²) in [7, 11) is 1.61. The lowest BCUT2D eigenvalue weighted by atomic mass is 10.0. The Labute approximate surface area is 165 Å². The molecule has 0 bridgehead atoms. The van der Waals surface area contributed by atoms with Crippen molar-refractivity contribution in [2.24, 2.45) is 10.7 Å². The molecule has 0 amide bonds. The SMILES string of the molecule is COc1cccc([C@@H]2SC(N)=Nc3c2c(C)nn3C(=O)c2ccccc2O)c1. The monoisotopic (exact) mass is 394 g/mol. The van der Waals surface area contributed by atoms with Gasteiger partial charge in [-0.15, -0.1) is 0 Å². The van der Waals surface area contributed by atoms with Crippen LogP contribution in [0.5, 0.6) is 11.5 Å². The van der Waals surface area contributed by atoms with E-state index >= 15 is 0 Å². The van der Waals surface area contributed by atoms with Gasteiger partial charge in [-0.3, -0.25) is 4.79 Å². The number of ether oxygens (including phenoxy) is 1. The summed E-state index contributed by atoms with van der Waals surface area (Å²) in [6, 6.07) is 14.0. The van der Waals surface area contributed by atoms with Crippen LogP contribution in [0, 0.1) is 6.92 Å². The van der Waals surface area contributed by atoms with Gasteiger partial charge in [-0.05, 0) is 36.8 Å². The largest absolute Gasteiger partial charge is 0.507 e. The van der Waals surface area contributed by atoms with Crippen LogP contribution in [0.1, 0.15) is 32.4 Å². The number of hydrogen-bond acceptors (Lipinski definition) is 7. The molecule has 8 heteroatoms. The maximum absolute atomic E-state index is 13.0. The molecule has 1 aromatic heterocycles. The minimum atomic E-state index is -0.463. The molecule has 4 rings (SSSR count). The lowest BCUT2D eigenvalue weighted by molar-refractivity contribution is 0.0944. The molecule has 0 saturated carbocycles. The van der Waals surface area contributed by atoms with Crippen molar-refractivity contribution in [2.75, 3.05) is 7.11 Å². The molecule has 1 aliphatic rings. The first-order chi connectivity index (χ1) is 13.5. The molecule has 1 aliphatic heterocycles. The van der Waals surface area contributed by atoms with Crippen molar-refractivity contribution in [3.8, 4) is 11.5 Å². The number of phenols is 1.